The Balaban J connectivity index is 1.30. The van der Waals surface area contributed by atoms with Crippen LogP contribution in [0.3, 0.4) is 0 Å². The van der Waals surface area contributed by atoms with Gasteiger partial charge in [0.25, 0.3) is 0 Å². The predicted octanol–water partition coefficient (Wildman–Crippen LogP) is 6.11. The number of alkyl halides is 1. The SMILES string of the molecule is C=CC(=O)N1CCC(n2nc(-c3ccc4nn(CCN5CC[C@H](F)C5)cc4c3)c(-c3c(Cl)c(C)cc4[nH]ncc34)c2C)CC1. The highest BCUT2D eigenvalue weighted by atomic mass is 35.5. The number of rotatable bonds is 7. The minimum absolute atomic E-state index is 0.0307. The van der Waals surface area contributed by atoms with Crippen molar-refractivity contribution in [2.45, 2.75) is 51.9 Å². The van der Waals surface area contributed by atoms with Gasteiger partial charge in [-0.25, -0.2) is 4.39 Å². The number of amides is 1. The first kappa shape index (κ1) is 28.7. The standard InChI is InChI=1S/C33H36ClFN8O/c1-4-29(44)41-11-8-25(9-12-41)43-21(3)30(31-26-17-36-37-28(26)15-20(2)32(31)34)33(39-43)22-5-6-27-23(16-22)18-42(38-27)14-13-40-10-7-24(35)19-40/h4-6,15-18,24-25H,1,7-14,19H2,2-3H3,(H,36,37)/t24-/m0/s1. The predicted molar refractivity (Wildman–Crippen MR) is 172 cm³/mol. The van der Waals surface area contributed by atoms with Gasteiger partial charge in [-0.3, -0.25) is 24.2 Å². The van der Waals surface area contributed by atoms with Gasteiger partial charge in [-0.1, -0.05) is 24.2 Å². The Bertz CT molecular complexity index is 1880. The normalized spacial score (nSPS) is 18.2. The third kappa shape index (κ3) is 5.09. The van der Waals surface area contributed by atoms with Crippen molar-refractivity contribution in [3.63, 3.8) is 0 Å². The van der Waals surface area contributed by atoms with Gasteiger partial charge in [0.2, 0.25) is 5.91 Å². The molecule has 9 nitrogen and oxygen atoms in total. The van der Waals surface area contributed by atoms with E-state index < -0.39 is 6.17 Å². The lowest BCUT2D eigenvalue weighted by Gasteiger charge is -2.32. The summed E-state index contributed by atoms with van der Waals surface area (Å²) in [5.41, 5.74) is 7.53. The molecule has 0 saturated carbocycles. The van der Waals surface area contributed by atoms with Crippen LogP contribution in [0.4, 0.5) is 4.39 Å². The van der Waals surface area contributed by atoms with Gasteiger partial charge in [-0.2, -0.15) is 15.3 Å². The van der Waals surface area contributed by atoms with Crippen LogP contribution in [0.25, 0.3) is 44.2 Å². The number of nitrogens with one attached hydrogen (secondary N) is 1. The van der Waals surface area contributed by atoms with Gasteiger partial charge in [-0.05, 0) is 62.9 Å². The van der Waals surface area contributed by atoms with E-state index in [0.29, 0.717) is 37.6 Å². The second kappa shape index (κ2) is 11.5. The van der Waals surface area contributed by atoms with Crippen molar-refractivity contribution in [2.24, 2.45) is 0 Å². The van der Waals surface area contributed by atoms with Crippen molar-refractivity contribution < 1.29 is 9.18 Å². The summed E-state index contributed by atoms with van der Waals surface area (Å²) in [6, 6.07) is 8.42. The van der Waals surface area contributed by atoms with Gasteiger partial charge in [0.05, 0.1) is 34.8 Å². The maximum atomic E-state index is 13.7. The van der Waals surface area contributed by atoms with Gasteiger partial charge < -0.3 is 4.90 Å². The second-order valence-corrected chi connectivity index (χ2v) is 12.5. The molecule has 0 bridgehead atoms. The Kier molecular flexibility index (Phi) is 7.50. The summed E-state index contributed by atoms with van der Waals surface area (Å²) in [7, 11) is 0. The number of carbonyl (C=O) groups excluding carboxylic acids is 1. The Morgan fingerprint density at radius 3 is 2.68 bits per heavy atom. The van der Waals surface area contributed by atoms with E-state index in [2.05, 4.69) is 51.6 Å². The lowest BCUT2D eigenvalue weighted by atomic mass is 9.94. The summed E-state index contributed by atoms with van der Waals surface area (Å²) in [4.78, 5) is 16.2. The van der Waals surface area contributed by atoms with E-state index in [-0.39, 0.29) is 11.9 Å². The van der Waals surface area contributed by atoms with Crippen LogP contribution in [-0.4, -0.2) is 84.4 Å². The van der Waals surface area contributed by atoms with Gasteiger partial charge in [-0.15, -0.1) is 0 Å². The molecule has 3 aromatic heterocycles. The van der Waals surface area contributed by atoms with Crippen molar-refractivity contribution in [3.05, 3.63) is 65.6 Å². The smallest absolute Gasteiger partial charge is 0.245 e. The summed E-state index contributed by atoms with van der Waals surface area (Å²) >= 11 is 7.08. The first-order chi connectivity index (χ1) is 21.3. The topological polar surface area (TPSA) is 87.9 Å². The number of aryl methyl sites for hydroxylation is 1. The van der Waals surface area contributed by atoms with Gasteiger partial charge in [0, 0.05) is 72.1 Å². The zero-order valence-corrected chi connectivity index (χ0v) is 25.8. The maximum absolute atomic E-state index is 13.7. The van der Waals surface area contributed by atoms with Crippen LogP contribution in [0.15, 0.2) is 49.3 Å². The number of nitrogens with zero attached hydrogens (tertiary/aromatic N) is 7. The number of likely N-dealkylation sites (tertiary alicyclic amines) is 2. The number of halogens is 2. The Morgan fingerprint density at radius 2 is 1.93 bits per heavy atom. The molecule has 2 fully saturated rings. The third-order valence-electron chi connectivity index (χ3n) is 9.25. The second-order valence-electron chi connectivity index (χ2n) is 12.1. The molecule has 228 valence electrons. The zero-order valence-electron chi connectivity index (χ0n) is 25.1. The summed E-state index contributed by atoms with van der Waals surface area (Å²) < 4.78 is 17.7. The summed E-state index contributed by atoms with van der Waals surface area (Å²) in [6.07, 6.45) is 6.77. The monoisotopic (exact) mass is 614 g/mol. The summed E-state index contributed by atoms with van der Waals surface area (Å²) in [5.74, 6) is -0.0307. The molecule has 0 unspecified atom stereocenters. The molecule has 1 N–H and O–H groups in total. The molecular formula is C33H36ClFN8O. The average Bonchev–Trinajstić information content (AvgIpc) is 3.82. The van der Waals surface area contributed by atoms with E-state index in [4.69, 9.17) is 21.8 Å². The van der Waals surface area contributed by atoms with Crippen LogP contribution >= 0.6 is 11.6 Å². The summed E-state index contributed by atoms with van der Waals surface area (Å²) in [5, 5.41) is 20.2. The number of H-pyrrole nitrogens is 1. The van der Waals surface area contributed by atoms with Gasteiger partial charge >= 0.3 is 0 Å². The molecule has 44 heavy (non-hydrogen) atoms. The van der Waals surface area contributed by atoms with Crippen LogP contribution in [0.5, 0.6) is 0 Å². The molecule has 7 rings (SSSR count). The molecule has 0 aliphatic carbocycles. The number of aromatic nitrogens is 6. The van der Waals surface area contributed by atoms with E-state index >= 15 is 0 Å². The van der Waals surface area contributed by atoms with Gasteiger partial charge in [0.1, 0.15) is 11.9 Å². The van der Waals surface area contributed by atoms with E-state index in [1.165, 1.54) is 6.08 Å². The number of benzene rings is 2. The number of hydrogen-bond donors (Lipinski definition) is 1. The number of carbonyl (C=O) groups is 1. The minimum atomic E-state index is -0.723. The molecule has 5 heterocycles. The third-order valence-corrected chi connectivity index (χ3v) is 9.73. The molecule has 2 aliphatic rings. The molecular weight excluding hydrogens is 579 g/mol. The molecule has 2 aliphatic heterocycles. The van der Waals surface area contributed by atoms with Crippen molar-refractivity contribution in [1.82, 2.24) is 39.6 Å². The van der Waals surface area contributed by atoms with E-state index in [1.807, 2.05) is 34.8 Å². The highest BCUT2D eigenvalue weighted by Crippen LogP contribution is 2.44. The number of aromatic amines is 1. The fourth-order valence-electron chi connectivity index (χ4n) is 6.85. The van der Waals surface area contributed by atoms with Crippen LogP contribution in [0.1, 0.15) is 36.6 Å². The molecule has 2 aromatic carbocycles. The molecule has 2 saturated heterocycles. The quantitative estimate of drug-likeness (QED) is 0.224. The van der Waals surface area contributed by atoms with Gasteiger partial charge in [0.15, 0.2) is 0 Å². The van der Waals surface area contributed by atoms with E-state index in [9.17, 15) is 9.18 Å². The molecule has 0 spiro atoms. The zero-order chi connectivity index (χ0) is 30.5. The Hall–Kier alpha value is -4.02. The van der Waals surface area contributed by atoms with Crippen molar-refractivity contribution in [2.75, 3.05) is 32.7 Å². The van der Waals surface area contributed by atoms with Crippen molar-refractivity contribution in [3.8, 4) is 22.4 Å². The minimum Gasteiger partial charge on any atom is -0.339 e. The largest absolute Gasteiger partial charge is 0.339 e. The molecule has 1 amide bonds. The number of piperidine rings is 1. The first-order valence-electron chi connectivity index (χ1n) is 15.3. The van der Waals surface area contributed by atoms with Crippen LogP contribution in [-0.2, 0) is 11.3 Å². The molecule has 5 aromatic rings. The van der Waals surface area contributed by atoms with E-state index in [0.717, 1.165) is 81.4 Å². The Labute approximate surface area is 260 Å². The van der Waals surface area contributed by atoms with Crippen LogP contribution < -0.4 is 0 Å². The lowest BCUT2D eigenvalue weighted by Crippen LogP contribution is -2.38. The van der Waals surface area contributed by atoms with Crippen LogP contribution in [0, 0.1) is 13.8 Å². The fraction of sp³-hybridized carbons (Fsp3) is 0.394. The molecule has 0 radical (unpaired) electrons. The fourth-order valence-corrected chi connectivity index (χ4v) is 7.10. The average molecular weight is 615 g/mol. The number of fused-ring (bicyclic) bond motifs is 2. The number of hydrogen-bond acceptors (Lipinski definition) is 5. The first-order valence-corrected chi connectivity index (χ1v) is 15.7. The maximum Gasteiger partial charge on any atom is 0.245 e. The van der Waals surface area contributed by atoms with E-state index in [1.54, 1.807) is 0 Å². The van der Waals surface area contributed by atoms with Crippen molar-refractivity contribution in [1.29, 1.82) is 0 Å². The highest BCUT2D eigenvalue weighted by molar-refractivity contribution is 6.36. The molecule has 11 heteroatoms. The van der Waals surface area contributed by atoms with Crippen molar-refractivity contribution >= 4 is 39.3 Å². The Morgan fingerprint density at radius 1 is 1.11 bits per heavy atom. The molecule has 1 atom stereocenters. The highest BCUT2D eigenvalue weighted by Gasteiger charge is 2.29. The summed E-state index contributed by atoms with van der Waals surface area (Å²) in [6.45, 7) is 11.9. The van der Waals surface area contributed by atoms with Crippen LogP contribution in [0.2, 0.25) is 5.02 Å². The lowest BCUT2D eigenvalue weighted by molar-refractivity contribution is -0.127.